The number of hydrogen-bond acceptors (Lipinski definition) is 7. The van der Waals surface area contributed by atoms with Gasteiger partial charge in [0.1, 0.15) is 17.6 Å². The third kappa shape index (κ3) is 4.42. The molecule has 1 unspecified atom stereocenters. The molecule has 8 nitrogen and oxygen atoms in total. The summed E-state index contributed by atoms with van der Waals surface area (Å²) < 4.78 is 10.1. The van der Waals surface area contributed by atoms with Crippen LogP contribution in [0.15, 0.2) is 53.2 Å². The van der Waals surface area contributed by atoms with E-state index in [4.69, 9.17) is 9.26 Å². The molecule has 0 aliphatic rings. The molecule has 0 radical (unpaired) electrons. The lowest BCUT2D eigenvalue weighted by Crippen LogP contribution is -2.33. The summed E-state index contributed by atoms with van der Waals surface area (Å²) >= 11 is 0. The van der Waals surface area contributed by atoms with Gasteiger partial charge in [0, 0.05) is 18.3 Å². The first-order valence-corrected chi connectivity index (χ1v) is 8.04. The zero-order chi connectivity index (χ0) is 18.4. The Hall–Kier alpha value is -3.26. The molecule has 0 saturated heterocycles. The van der Waals surface area contributed by atoms with Crippen molar-refractivity contribution >= 4 is 11.7 Å². The molecule has 2 N–H and O–H groups in total. The monoisotopic (exact) mass is 353 g/mol. The number of carbonyl (C=O) groups is 1. The lowest BCUT2D eigenvalue weighted by molar-refractivity contribution is -0.118. The molecule has 3 rings (SSSR count). The molecular formula is C18H19N5O3. The van der Waals surface area contributed by atoms with Crippen LogP contribution < -0.4 is 15.4 Å². The topological polar surface area (TPSA) is 102 Å². The second kappa shape index (κ2) is 8.21. The van der Waals surface area contributed by atoms with E-state index >= 15 is 0 Å². The fourth-order valence-electron chi connectivity index (χ4n) is 2.40. The van der Waals surface area contributed by atoms with Crippen LogP contribution >= 0.6 is 0 Å². The fraction of sp³-hybridized carbons (Fsp3) is 0.222. The summed E-state index contributed by atoms with van der Waals surface area (Å²) in [5.74, 6) is 1.72. The van der Waals surface area contributed by atoms with Crippen LogP contribution in [0.1, 0.15) is 23.2 Å². The molecule has 1 amide bonds. The molecule has 0 aliphatic heterocycles. The first-order chi connectivity index (χ1) is 12.7. The van der Waals surface area contributed by atoms with Crippen molar-refractivity contribution in [2.24, 2.45) is 0 Å². The van der Waals surface area contributed by atoms with E-state index in [9.17, 15) is 4.79 Å². The van der Waals surface area contributed by atoms with Crippen LogP contribution in [0.5, 0.6) is 5.88 Å². The molecule has 134 valence electrons. The van der Waals surface area contributed by atoms with Crippen molar-refractivity contribution in [1.29, 1.82) is 0 Å². The van der Waals surface area contributed by atoms with Gasteiger partial charge in [-0.15, -0.1) is 0 Å². The van der Waals surface area contributed by atoms with Gasteiger partial charge in [0.05, 0.1) is 13.7 Å². The summed E-state index contributed by atoms with van der Waals surface area (Å²) in [4.78, 5) is 21.2. The number of ether oxygens (including phenoxy) is 1. The van der Waals surface area contributed by atoms with Gasteiger partial charge in [0.25, 0.3) is 0 Å². The number of nitrogens with one attached hydrogen (secondary N) is 2. The third-order valence-electron chi connectivity index (χ3n) is 3.63. The van der Waals surface area contributed by atoms with Gasteiger partial charge in [-0.25, -0.2) is 4.98 Å². The summed E-state index contributed by atoms with van der Waals surface area (Å²) in [7, 11) is 1.54. The Labute approximate surface area is 150 Å². The first kappa shape index (κ1) is 17.6. The minimum atomic E-state index is -0.608. The average Bonchev–Trinajstić information content (AvgIpc) is 3.07. The number of amides is 1. The maximum absolute atomic E-state index is 12.7. The van der Waals surface area contributed by atoms with E-state index in [1.54, 1.807) is 32.4 Å². The lowest BCUT2D eigenvalue weighted by Gasteiger charge is -2.17. The minimum Gasteiger partial charge on any atom is -0.481 e. The second-order valence-electron chi connectivity index (χ2n) is 5.55. The average molecular weight is 353 g/mol. The van der Waals surface area contributed by atoms with E-state index < -0.39 is 6.04 Å². The number of anilines is 1. The summed E-state index contributed by atoms with van der Waals surface area (Å²) in [6.07, 6.45) is 1.61. The summed E-state index contributed by atoms with van der Waals surface area (Å²) in [6, 6.07) is 12.1. The minimum absolute atomic E-state index is 0.257. The first-order valence-electron chi connectivity index (χ1n) is 8.04. The van der Waals surface area contributed by atoms with E-state index in [1.165, 1.54) is 0 Å². The standard InChI is InChI=1S/C18H19N5O3/c1-12-10-14(23-26-12)22-18(24)17(13-6-4-3-5-7-13)20-11-15-19-9-8-16(21-15)25-2/h3-10,17,20H,11H2,1-2H3,(H,22,23,24). The number of aromatic nitrogens is 3. The molecule has 2 aromatic heterocycles. The number of hydrogen-bond donors (Lipinski definition) is 2. The normalized spacial score (nSPS) is 11.8. The zero-order valence-electron chi connectivity index (χ0n) is 14.5. The molecule has 2 heterocycles. The van der Waals surface area contributed by atoms with Crippen LogP contribution in [-0.4, -0.2) is 28.1 Å². The molecule has 0 bridgehead atoms. The van der Waals surface area contributed by atoms with Crippen LogP contribution in [0.4, 0.5) is 5.82 Å². The smallest absolute Gasteiger partial charge is 0.247 e. The van der Waals surface area contributed by atoms with Gasteiger partial charge >= 0.3 is 0 Å². The van der Waals surface area contributed by atoms with Gasteiger partial charge in [-0.2, -0.15) is 4.98 Å². The van der Waals surface area contributed by atoms with E-state index in [-0.39, 0.29) is 5.91 Å². The number of rotatable bonds is 7. The van der Waals surface area contributed by atoms with Crippen molar-refractivity contribution in [1.82, 2.24) is 20.4 Å². The maximum Gasteiger partial charge on any atom is 0.247 e. The Bertz CT molecular complexity index is 866. The summed E-state index contributed by atoms with van der Waals surface area (Å²) in [5, 5.41) is 9.72. The number of nitrogens with zero attached hydrogens (tertiary/aromatic N) is 3. The highest BCUT2D eigenvalue weighted by molar-refractivity contribution is 5.94. The molecule has 1 atom stereocenters. The molecule has 0 aliphatic carbocycles. The van der Waals surface area contributed by atoms with Crippen molar-refractivity contribution in [3.8, 4) is 5.88 Å². The van der Waals surface area contributed by atoms with Crippen LogP contribution in [0, 0.1) is 6.92 Å². The molecule has 0 spiro atoms. The predicted octanol–water partition coefficient (Wildman–Crippen LogP) is 2.25. The summed E-state index contributed by atoms with van der Waals surface area (Å²) in [5.41, 5.74) is 0.813. The molecule has 0 fully saturated rings. The van der Waals surface area contributed by atoms with E-state index in [2.05, 4.69) is 25.8 Å². The Morgan fingerprint density at radius 3 is 2.77 bits per heavy atom. The Kier molecular flexibility index (Phi) is 5.55. The van der Waals surface area contributed by atoms with Crippen molar-refractivity contribution < 1.29 is 14.1 Å². The highest BCUT2D eigenvalue weighted by Crippen LogP contribution is 2.17. The predicted molar refractivity (Wildman–Crippen MR) is 94.5 cm³/mol. The number of methoxy groups -OCH3 is 1. The lowest BCUT2D eigenvalue weighted by atomic mass is 10.1. The molecule has 3 aromatic rings. The molecule has 0 saturated carbocycles. The van der Waals surface area contributed by atoms with E-state index in [0.717, 1.165) is 5.56 Å². The van der Waals surface area contributed by atoms with Gasteiger partial charge < -0.3 is 14.6 Å². The Balaban J connectivity index is 1.75. The van der Waals surface area contributed by atoms with Crippen LogP contribution in [0.25, 0.3) is 0 Å². The van der Waals surface area contributed by atoms with Gasteiger partial charge in [-0.05, 0) is 12.5 Å². The quantitative estimate of drug-likeness (QED) is 0.671. The molecule has 26 heavy (non-hydrogen) atoms. The molecule has 8 heteroatoms. The van der Waals surface area contributed by atoms with Crippen LogP contribution in [0.2, 0.25) is 0 Å². The van der Waals surface area contributed by atoms with Crippen molar-refractivity contribution in [3.63, 3.8) is 0 Å². The van der Waals surface area contributed by atoms with Gasteiger partial charge in [-0.3, -0.25) is 10.1 Å². The number of aryl methyl sites for hydroxylation is 1. The van der Waals surface area contributed by atoms with Crippen LogP contribution in [0.3, 0.4) is 0 Å². The zero-order valence-corrected chi connectivity index (χ0v) is 14.5. The van der Waals surface area contributed by atoms with Crippen molar-refractivity contribution in [3.05, 3.63) is 65.8 Å². The largest absolute Gasteiger partial charge is 0.481 e. The van der Waals surface area contributed by atoms with Gasteiger partial charge in [0.2, 0.25) is 11.8 Å². The van der Waals surface area contributed by atoms with Crippen LogP contribution in [-0.2, 0) is 11.3 Å². The molecule has 1 aromatic carbocycles. The van der Waals surface area contributed by atoms with Gasteiger partial charge in [0.15, 0.2) is 5.82 Å². The Morgan fingerprint density at radius 2 is 2.08 bits per heavy atom. The van der Waals surface area contributed by atoms with E-state index in [1.807, 2.05) is 30.3 Å². The Morgan fingerprint density at radius 1 is 1.27 bits per heavy atom. The number of benzene rings is 1. The van der Waals surface area contributed by atoms with Gasteiger partial charge in [-0.1, -0.05) is 35.5 Å². The van der Waals surface area contributed by atoms with E-state index in [0.29, 0.717) is 29.8 Å². The third-order valence-corrected chi connectivity index (χ3v) is 3.63. The maximum atomic E-state index is 12.7. The van der Waals surface area contributed by atoms with Crippen molar-refractivity contribution in [2.45, 2.75) is 19.5 Å². The SMILES string of the molecule is COc1ccnc(CNC(C(=O)Nc2cc(C)on2)c2ccccc2)n1. The second-order valence-corrected chi connectivity index (χ2v) is 5.55. The number of carbonyl (C=O) groups excluding carboxylic acids is 1. The fourth-order valence-corrected chi connectivity index (χ4v) is 2.40. The highest BCUT2D eigenvalue weighted by Gasteiger charge is 2.21. The highest BCUT2D eigenvalue weighted by atomic mass is 16.5. The summed E-state index contributed by atoms with van der Waals surface area (Å²) in [6.45, 7) is 2.05. The molecular weight excluding hydrogens is 334 g/mol. The van der Waals surface area contributed by atoms with Crippen molar-refractivity contribution in [2.75, 3.05) is 12.4 Å².